The van der Waals surface area contributed by atoms with Crippen LogP contribution in [0.3, 0.4) is 0 Å². The van der Waals surface area contributed by atoms with Crippen molar-refractivity contribution in [1.29, 1.82) is 0 Å². The van der Waals surface area contributed by atoms with E-state index in [0.29, 0.717) is 49.5 Å². The van der Waals surface area contributed by atoms with Crippen LogP contribution in [0.5, 0.6) is 0 Å². The minimum Gasteiger partial charge on any atom is -0.355 e. The maximum atomic E-state index is 14.0. The molecule has 1 spiro atoms. The molecule has 40 heavy (non-hydrogen) atoms. The number of fused-ring (bicyclic) bond motifs is 1. The smallest absolute Gasteiger partial charge is 0.355 e. The third kappa shape index (κ3) is 4.52. The van der Waals surface area contributed by atoms with Gasteiger partial charge in [-0.1, -0.05) is 30.3 Å². The van der Waals surface area contributed by atoms with Crippen LogP contribution in [0.4, 0.5) is 33.5 Å². The lowest BCUT2D eigenvalue weighted by molar-refractivity contribution is -0.141. The molecule has 1 atom stereocenters. The summed E-state index contributed by atoms with van der Waals surface area (Å²) in [5, 5.41) is 3.96. The standard InChI is InChI=1S/C27H24F5N7O/c28-22(29)16-39-24-20(13-35-39)33-14-23(36-24)37-10-8-26(9-11-37)19(17-4-2-1-3-5-17)15-38(25(26)40)18-6-7-21(34-12-18)27(30,31)32/h1-7,12-14,19,22H,8-11,15-16H2. The molecule has 3 aromatic heterocycles. The monoisotopic (exact) mass is 557 g/mol. The molecule has 4 aromatic rings. The van der Waals surface area contributed by atoms with E-state index in [1.165, 1.54) is 17.2 Å². The molecule has 1 amide bonds. The second kappa shape index (κ2) is 9.79. The lowest BCUT2D eigenvalue weighted by Crippen LogP contribution is -2.47. The fourth-order valence-electron chi connectivity index (χ4n) is 5.86. The van der Waals surface area contributed by atoms with Crippen molar-refractivity contribution in [3.63, 3.8) is 0 Å². The number of piperidine rings is 1. The molecule has 0 aliphatic carbocycles. The van der Waals surface area contributed by atoms with Crippen molar-refractivity contribution in [2.75, 3.05) is 29.4 Å². The molecule has 2 fully saturated rings. The van der Waals surface area contributed by atoms with E-state index in [-0.39, 0.29) is 17.5 Å². The van der Waals surface area contributed by atoms with Gasteiger partial charge in [-0.05, 0) is 30.5 Å². The Balaban J connectivity index is 1.28. The number of carbonyl (C=O) groups excluding carboxylic acids is 1. The first kappa shape index (κ1) is 26.1. The summed E-state index contributed by atoms with van der Waals surface area (Å²) >= 11 is 0. The van der Waals surface area contributed by atoms with Crippen molar-refractivity contribution in [1.82, 2.24) is 24.7 Å². The zero-order valence-electron chi connectivity index (χ0n) is 21.1. The molecule has 2 aliphatic heterocycles. The first-order valence-electron chi connectivity index (χ1n) is 12.8. The molecular formula is C27H24F5N7O. The summed E-state index contributed by atoms with van der Waals surface area (Å²) < 4.78 is 66.3. The summed E-state index contributed by atoms with van der Waals surface area (Å²) in [6.07, 6.45) is -2.17. The second-order valence-corrected chi connectivity index (χ2v) is 10.1. The van der Waals surface area contributed by atoms with Gasteiger partial charge in [0.15, 0.2) is 5.65 Å². The molecule has 2 aliphatic rings. The molecule has 0 saturated carbocycles. The number of alkyl halides is 5. The second-order valence-electron chi connectivity index (χ2n) is 10.1. The van der Waals surface area contributed by atoms with Gasteiger partial charge in [0.2, 0.25) is 5.91 Å². The molecule has 0 N–H and O–H groups in total. The number of rotatable bonds is 5. The Kier molecular flexibility index (Phi) is 6.38. The van der Waals surface area contributed by atoms with E-state index in [9.17, 15) is 26.7 Å². The van der Waals surface area contributed by atoms with Crippen LogP contribution in [0.1, 0.15) is 30.0 Å². The minimum atomic E-state index is -4.57. The summed E-state index contributed by atoms with van der Waals surface area (Å²) in [6.45, 7) is 0.635. The molecule has 8 nitrogen and oxygen atoms in total. The molecule has 6 rings (SSSR count). The van der Waals surface area contributed by atoms with E-state index in [4.69, 9.17) is 0 Å². The van der Waals surface area contributed by atoms with E-state index in [1.807, 2.05) is 35.2 Å². The lowest BCUT2D eigenvalue weighted by Gasteiger charge is -2.41. The summed E-state index contributed by atoms with van der Waals surface area (Å²) in [7, 11) is 0. The van der Waals surface area contributed by atoms with E-state index in [2.05, 4.69) is 20.1 Å². The lowest BCUT2D eigenvalue weighted by atomic mass is 9.68. The third-order valence-corrected chi connectivity index (χ3v) is 7.88. The third-order valence-electron chi connectivity index (χ3n) is 7.88. The topological polar surface area (TPSA) is 80.0 Å². The van der Waals surface area contributed by atoms with Crippen molar-refractivity contribution >= 4 is 28.6 Å². The zero-order chi connectivity index (χ0) is 28.1. The van der Waals surface area contributed by atoms with Gasteiger partial charge in [0.1, 0.15) is 23.6 Å². The highest BCUT2D eigenvalue weighted by atomic mass is 19.4. The van der Waals surface area contributed by atoms with Crippen molar-refractivity contribution in [3.05, 3.63) is 72.3 Å². The SMILES string of the molecule is O=C1N(c2ccc(C(F)(F)F)nc2)CC(c2ccccc2)C12CCN(c1cnc3cnn(CC(F)F)c3n1)CC2. The number of benzene rings is 1. The number of pyridine rings is 1. The normalized spacial score (nSPS) is 19.4. The quantitative estimate of drug-likeness (QED) is 0.324. The van der Waals surface area contributed by atoms with Crippen molar-refractivity contribution in [2.24, 2.45) is 5.41 Å². The van der Waals surface area contributed by atoms with Crippen molar-refractivity contribution < 1.29 is 26.7 Å². The fourth-order valence-corrected chi connectivity index (χ4v) is 5.86. The number of carbonyl (C=O) groups is 1. The Labute approximate surface area is 225 Å². The number of anilines is 2. The van der Waals surface area contributed by atoms with E-state index < -0.39 is 30.3 Å². The first-order valence-corrected chi connectivity index (χ1v) is 12.8. The van der Waals surface area contributed by atoms with Gasteiger partial charge in [-0.25, -0.2) is 28.4 Å². The van der Waals surface area contributed by atoms with Crippen LogP contribution in [0.25, 0.3) is 11.2 Å². The molecule has 0 bridgehead atoms. The molecule has 2 saturated heterocycles. The molecule has 5 heterocycles. The van der Waals surface area contributed by atoms with Crippen LogP contribution in [0.2, 0.25) is 0 Å². The summed E-state index contributed by atoms with van der Waals surface area (Å²) in [4.78, 5) is 30.0. The Morgan fingerprint density at radius 2 is 1.73 bits per heavy atom. The van der Waals surface area contributed by atoms with Crippen LogP contribution >= 0.6 is 0 Å². The Hall–Kier alpha value is -4.16. The number of hydrogen-bond donors (Lipinski definition) is 0. The summed E-state index contributed by atoms with van der Waals surface area (Å²) in [5.41, 5.74) is 0.172. The Morgan fingerprint density at radius 1 is 0.975 bits per heavy atom. The highest BCUT2D eigenvalue weighted by molar-refractivity contribution is 6.01. The predicted molar refractivity (Wildman–Crippen MR) is 136 cm³/mol. The van der Waals surface area contributed by atoms with Gasteiger partial charge in [-0.2, -0.15) is 18.3 Å². The van der Waals surface area contributed by atoms with Crippen LogP contribution in [-0.4, -0.2) is 56.7 Å². The molecule has 13 heteroatoms. The van der Waals surface area contributed by atoms with Gasteiger partial charge in [0, 0.05) is 25.6 Å². The summed E-state index contributed by atoms with van der Waals surface area (Å²) in [6, 6.07) is 11.8. The van der Waals surface area contributed by atoms with Gasteiger partial charge in [0.25, 0.3) is 6.43 Å². The maximum absolute atomic E-state index is 14.0. The van der Waals surface area contributed by atoms with E-state index in [1.54, 1.807) is 6.20 Å². The molecule has 1 unspecified atom stereocenters. The van der Waals surface area contributed by atoms with Crippen LogP contribution in [0, 0.1) is 5.41 Å². The summed E-state index contributed by atoms with van der Waals surface area (Å²) in [5.74, 6) is 0.162. The van der Waals surface area contributed by atoms with Crippen molar-refractivity contribution in [2.45, 2.75) is 37.9 Å². The highest BCUT2D eigenvalue weighted by Crippen LogP contribution is 2.52. The first-order chi connectivity index (χ1) is 19.2. The number of nitrogens with zero attached hydrogens (tertiary/aromatic N) is 7. The van der Waals surface area contributed by atoms with E-state index >= 15 is 0 Å². The van der Waals surface area contributed by atoms with Gasteiger partial charge >= 0.3 is 6.18 Å². The Morgan fingerprint density at radius 3 is 2.38 bits per heavy atom. The molecule has 1 aromatic carbocycles. The number of hydrogen-bond acceptors (Lipinski definition) is 6. The Bertz CT molecular complexity index is 1520. The average molecular weight is 558 g/mol. The molecular weight excluding hydrogens is 533 g/mol. The van der Waals surface area contributed by atoms with Gasteiger partial charge in [-0.3, -0.25) is 4.79 Å². The predicted octanol–water partition coefficient (Wildman–Crippen LogP) is 4.92. The maximum Gasteiger partial charge on any atom is 0.433 e. The zero-order valence-corrected chi connectivity index (χ0v) is 21.1. The number of amides is 1. The number of aromatic nitrogens is 5. The highest BCUT2D eigenvalue weighted by Gasteiger charge is 2.55. The average Bonchev–Trinajstić information content (AvgIpc) is 3.47. The molecule has 208 valence electrons. The largest absolute Gasteiger partial charge is 0.433 e. The van der Waals surface area contributed by atoms with E-state index in [0.717, 1.165) is 22.5 Å². The minimum absolute atomic E-state index is 0.154. The van der Waals surface area contributed by atoms with Crippen LogP contribution < -0.4 is 9.80 Å². The van der Waals surface area contributed by atoms with Crippen LogP contribution in [-0.2, 0) is 17.5 Å². The van der Waals surface area contributed by atoms with Crippen LogP contribution in [0.15, 0.2) is 61.1 Å². The molecule has 0 radical (unpaired) electrons. The van der Waals surface area contributed by atoms with Gasteiger partial charge < -0.3 is 9.80 Å². The van der Waals surface area contributed by atoms with Crippen molar-refractivity contribution in [3.8, 4) is 0 Å². The number of halogens is 5. The van der Waals surface area contributed by atoms with Gasteiger partial charge in [-0.15, -0.1) is 0 Å². The fraction of sp³-hybridized carbons (Fsp3) is 0.370. The van der Waals surface area contributed by atoms with Gasteiger partial charge in [0.05, 0.1) is 29.7 Å².